The minimum absolute atomic E-state index is 0.121. The number of methoxy groups -OCH3 is 1. The Kier molecular flexibility index (Phi) is 8.39. The van der Waals surface area contributed by atoms with E-state index in [1.54, 1.807) is 29.2 Å². The van der Waals surface area contributed by atoms with Gasteiger partial charge in [0.1, 0.15) is 35.8 Å². The first-order valence-electron chi connectivity index (χ1n) is 14.2. The van der Waals surface area contributed by atoms with E-state index in [0.29, 0.717) is 46.8 Å². The summed E-state index contributed by atoms with van der Waals surface area (Å²) in [6.07, 6.45) is 6.36. The number of nitrogens with zero attached hydrogens (tertiary/aromatic N) is 8. The highest BCUT2D eigenvalue weighted by atomic mass is 19.1. The molecule has 0 amide bonds. The number of nitrogens with one attached hydrogen (secondary N) is 1. The van der Waals surface area contributed by atoms with Crippen LogP contribution in [0.2, 0.25) is 0 Å². The van der Waals surface area contributed by atoms with Gasteiger partial charge in [-0.05, 0) is 78.5 Å². The first-order valence-corrected chi connectivity index (χ1v) is 14.2. The maximum Gasteiger partial charge on any atom is 0.227 e. The molecule has 1 N–H and O–H groups in total. The second kappa shape index (κ2) is 12.7. The van der Waals surface area contributed by atoms with Gasteiger partial charge < -0.3 is 19.5 Å². The van der Waals surface area contributed by atoms with Crippen LogP contribution < -0.4 is 14.8 Å². The summed E-state index contributed by atoms with van der Waals surface area (Å²) in [5.74, 6) is 1.02. The molecular weight excluding hydrogens is 553 g/mol. The fraction of sp³-hybridized carbons (Fsp3) is 0.400. The number of tetrazole rings is 1. The molecular formula is C30H32FN9O3. The smallest absolute Gasteiger partial charge is 0.227 e. The lowest BCUT2D eigenvalue weighted by atomic mass is 9.88. The number of aromatic nitrogens is 6. The molecule has 2 saturated heterocycles. The zero-order valence-corrected chi connectivity index (χ0v) is 24.0. The summed E-state index contributed by atoms with van der Waals surface area (Å²) < 4.78 is 33.6. The predicted octanol–water partition coefficient (Wildman–Crippen LogP) is 3.94. The Balaban J connectivity index is 1.16. The topological polar surface area (TPSA) is 136 Å². The molecule has 2 aliphatic heterocycles. The van der Waals surface area contributed by atoms with E-state index in [9.17, 15) is 5.26 Å². The molecule has 0 aliphatic carbocycles. The maximum atomic E-state index is 15.2. The summed E-state index contributed by atoms with van der Waals surface area (Å²) in [5.41, 5.74) is 3.21. The average Bonchev–Trinajstić information content (AvgIpc) is 3.50. The molecule has 2 aromatic heterocycles. The van der Waals surface area contributed by atoms with Gasteiger partial charge in [-0.2, -0.15) is 5.26 Å². The first-order chi connectivity index (χ1) is 21.0. The maximum absolute atomic E-state index is 15.2. The SMILES string of the molecule is COc1cc(F)c(C2CCN(C3COC3)CC2)cc1Nc1ncc(-c2ccc(C#N)c(OC(C)Cn3cnnn3)c2)cn1. The summed E-state index contributed by atoms with van der Waals surface area (Å²) in [4.78, 5) is 11.4. The van der Waals surface area contributed by atoms with Gasteiger partial charge in [-0.3, -0.25) is 4.90 Å². The van der Waals surface area contributed by atoms with E-state index in [0.717, 1.165) is 50.3 Å². The number of ether oxygens (including phenoxy) is 3. The van der Waals surface area contributed by atoms with Gasteiger partial charge in [0.05, 0.1) is 44.2 Å². The lowest BCUT2D eigenvalue weighted by molar-refractivity contribution is -0.0713. The fourth-order valence-electron chi connectivity index (χ4n) is 5.50. The van der Waals surface area contributed by atoms with Crippen LogP contribution in [-0.4, -0.2) is 80.6 Å². The van der Waals surface area contributed by atoms with Gasteiger partial charge in [-0.15, -0.1) is 5.10 Å². The Morgan fingerprint density at radius 1 is 1.12 bits per heavy atom. The number of likely N-dealkylation sites (tertiary alicyclic amines) is 1. The second-order valence-electron chi connectivity index (χ2n) is 10.8. The van der Waals surface area contributed by atoms with Crippen molar-refractivity contribution in [2.45, 2.75) is 44.4 Å². The summed E-state index contributed by atoms with van der Waals surface area (Å²) in [6.45, 7) is 5.74. The van der Waals surface area contributed by atoms with E-state index >= 15 is 4.39 Å². The molecule has 12 nitrogen and oxygen atoms in total. The van der Waals surface area contributed by atoms with Crippen LogP contribution in [0.3, 0.4) is 0 Å². The van der Waals surface area contributed by atoms with Gasteiger partial charge in [0.2, 0.25) is 5.95 Å². The van der Waals surface area contributed by atoms with E-state index in [4.69, 9.17) is 14.2 Å². The summed E-state index contributed by atoms with van der Waals surface area (Å²) >= 11 is 0. The van der Waals surface area contributed by atoms with Crippen molar-refractivity contribution in [2.75, 3.05) is 38.7 Å². The van der Waals surface area contributed by atoms with Crippen molar-refractivity contribution in [1.82, 2.24) is 35.1 Å². The number of hydrogen-bond donors (Lipinski definition) is 1. The van der Waals surface area contributed by atoms with Crippen LogP contribution >= 0.6 is 0 Å². The number of rotatable bonds is 10. The first kappa shape index (κ1) is 28.4. The monoisotopic (exact) mass is 585 g/mol. The number of anilines is 2. The van der Waals surface area contributed by atoms with Crippen LogP contribution in [0.1, 0.15) is 36.8 Å². The number of benzene rings is 2. The molecule has 0 saturated carbocycles. The number of hydrogen-bond acceptors (Lipinski definition) is 11. The van der Waals surface area contributed by atoms with Crippen LogP contribution in [0.4, 0.5) is 16.0 Å². The van der Waals surface area contributed by atoms with Gasteiger partial charge in [-0.1, -0.05) is 6.07 Å². The standard InChI is InChI=1S/C30H32FN9O3/c1-19(15-40-18-35-37-38-40)43-28-9-21(3-4-22(28)12-32)23-13-33-30(34-14-23)36-27-10-25(26(31)11-29(27)41-2)20-5-7-39(8-6-20)24-16-42-17-24/h3-4,9-11,13-14,18-20,24H,5-8,15-17H2,1-2H3,(H,33,34,36). The van der Waals surface area contributed by atoms with Crippen LogP contribution in [-0.2, 0) is 11.3 Å². The predicted molar refractivity (Wildman–Crippen MR) is 154 cm³/mol. The minimum Gasteiger partial charge on any atom is -0.494 e. The molecule has 0 spiro atoms. The molecule has 0 bridgehead atoms. The molecule has 0 radical (unpaired) electrons. The molecule has 13 heteroatoms. The number of nitriles is 1. The molecule has 222 valence electrons. The largest absolute Gasteiger partial charge is 0.494 e. The van der Waals surface area contributed by atoms with Gasteiger partial charge in [0.15, 0.2) is 0 Å². The molecule has 4 heterocycles. The zero-order chi connectivity index (χ0) is 29.8. The molecule has 2 fully saturated rings. The summed E-state index contributed by atoms with van der Waals surface area (Å²) in [6, 6.07) is 11.2. The van der Waals surface area contributed by atoms with Gasteiger partial charge in [-0.25, -0.2) is 19.0 Å². The summed E-state index contributed by atoms with van der Waals surface area (Å²) in [7, 11) is 1.51. The van der Waals surface area contributed by atoms with Crippen molar-refractivity contribution in [2.24, 2.45) is 0 Å². The van der Waals surface area contributed by atoms with Gasteiger partial charge >= 0.3 is 0 Å². The van der Waals surface area contributed by atoms with Crippen LogP contribution in [0.25, 0.3) is 11.1 Å². The van der Waals surface area contributed by atoms with Crippen molar-refractivity contribution < 1.29 is 18.6 Å². The van der Waals surface area contributed by atoms with E-state index in [1.807, 2.05) is 19.1 Å². The van der Waals surface area contributed by atoms with Crippen LogP contribution in [0.15, 0.2) is 49.1 Å². The third-order valence-corrected chi connectivity index (χ3v) is 7.92. The second-order valence-corrected chi connectivity index (χ2v) is 10.8. The van der Waals surface area contributed by atoms with Crippen LogP contribution in [0.5, 0.6) is 11.5 Å². The van der Waals surface area contributed by atoms with Crippen molar-refractivity contribution in [3.05, 3.63) is 66.0 Å². The average molecular weight is 586 g/mol. The molecule has 6 rings (SSSR count). The zero-order valence-electron chi connectivity index (χ0n) is 24.0. The molecule has 2 aliphatic rings. The Morgan fingerprint density at radius 3 is 2.56 bits per heavy atom. The molecule has 43 heavy (non-hydrogen) atoms. The number of piperidine rings is 1. The van der Waals surface area contributed by atoms with Crippen molar-refractivity contribution in [3.8, 4) is 28.7 Å². The van der Waals surface area contributed by atoms with Crippen molar-refractivity contribution in [3.63, 3.8) is 0 Å². The van der Waals surface area contributed by atoms with Crippen molar-refractivity contribution >= 4 is 11.6 Å². The Labute approximate surface area is 248 Å². The minimum atomic E-state index is -0.283. The van der Waals surface area contributed by atoms with E-state index in [-0.39, 0.29) is 17.8 Å². The van der Waals surface area contributed by atoms with Crippen molar-refractivity contribution in [1.29, 1.82) is 5.26 Å². The lowest BCUT2D eigenvalue weighted by Gasteiger charge is -2.41. The third-order valence-electron chi connectivity index (χ3n) is 7.92. The summed E-state index contributed by atoms with van der Waals surface area (Å²) in [5, 5.41) is 23.9. The molecule has 4 aromatic rings. The fourth-order valence-corrected chi connectivity index (χ4v) is 5.50. The Morgan fingerprint density at radius 2 is 1.91 bits per heavy atom. The van der Waals surface area contributed by atoms with Gasteiger partial charge in [0.25, 0.3) is 0 Å². The highest BCUT2D eigenvalue weighted by Gasteiger charge is 2.31. The Bertz CT molecular complexity index is 1580. The number of halogens is 1. The Hall–Kier alpha value is -4.67. The third kappa shape index (κ3) is 6.40. The molecule has 2 aromatic carbocycles. The van der Waals surface area contributed by atoms with Crippen LogP contribution in [0, 0.1) is 17.1 Å². The highest BCUT2D eigenvalue weighted by molar-refractivity contribution is 5.68. The highest BCUT2D eigenvalue weighted by Crippen LogP contribution is 2.37. The van der Waals surface area contributed by atoms with E-state index in [2.05, 4.69) is 41.8 Å². The molecule has 1 unspecified atom stereocenters. The molecule has 1 atom stereocenters. The van der Waals surface area contributed by atoms with E-state index in [1.165, 1.54) is 19.5 Å². The normalized spacial score (nSPS) is 16.7. The van der Waals surface area contributed by atoms with E-state index < -0.39 is 0 Å². The lowest BCUT2D eigenvalue weighted by Crippen LogP contribution is -2.51. The van der Waals surface area contributed by atoms with Gasteiger partial charge in [0, 0.05) is 24.0 Å². The quantitative estimate of drug-likeness (QED) is 0.290.